The van der Waals surface area contributed by atoms with Gasteiger partial charge in [-0.2, -0.15) is 0 Å². The smallest absolute Gasteiger partial charge is 0.224 e. The Kier molecular flexibility index (Phi) is 7.39. The number of nitrogens with one attached hydrogen (secondary N) is 1. The largest absolute Gasteiger partial charge is 0.383 e. The van der Waals surface area contributed by atoms with E-state index >= 15 is 0 Å². The van der Waals surface area contributed by atoms with Crippen LogP contribution < -0.4 is 10.2 Å². The number of anilines is 2. The molecule has 1 saturated heterocycles. The zero-order valence-electron chi connectivity index (χ0n) is 16.4. The number of ether oxygens (including phenoxy) is 1. The fourth-order valence-corrected chi connectivity index (χ4v) is 3.38. The van der Waals surface area contributed by atoms with Gasteiger partial charge in [0.05, 0.1) is 6.61 Å². The van der Waals surface area contributed by atoms with Gasteiger partial charge in [0.25, 0.3) is 0 Å². The van der Waals surface area contributed by atoms with Crippen LogP contribution in [0.1, 0.15) is 12.0 Å². The number of aryl methyl sites for hydroxylation is 1. The second kappa shape index (κ2) is 10.2. The molecule has 2 aromatic rings. The molecule has 1 fully saturated rings. The zero-order chi connectivity index (χ0) is 19.8. The number of carbonyl (C=O) groups excluding carboxylic acids is 1. The Bertz CT molecular complexity index is 759. The Labute approximate surface area is 166 Å². The van der Waals surface area contributed by atoms with Gasteiger partial charge in [0.2, 0.25) is 5.91 Å². The first kappa shape index (κ1) is 20.3. The Balaban J connectivity index is 1.44. The van der Waals surface area contributed by atoms with Crippen molar-refractivity contribution in [3.8, 4) is 0 Å². The molecule has 2 aromatic carbocycles. The van der Waals surface area contributed by atoms with Crippen LogP contribution in [0, 0.1) is 5.82 Å². The van der Waals surface area contributed by atoms with Crippen LogP contribution in [0.2, 0.25) is 0 Å². The minimum Gasteiger partial charge on any atom is -0.383 e. The summed E-state index contributed by atoms with van der Waals surface area (Å²) in [6.45, 7) is 5.79. The van der Waals surface area contributed by atoms with Crippen LogP contribution in [-0.4, -0.2) is 57.2 Å². The molecule has 6 heteroatoms. The van der Waals surface area contributed by atoms with Crippen molar-refractivity contribution in [2.45, 2.75) is 12.8 Å². The van der Waals surface area contributed by atoms with Crippen LogP contribution in [0.5, 0.6) is 0 Å². The Morgan fingerprint density at radius 3 is 2.54 bits per heavy atom. The van der Waals surface area contributed by atoms with Crippen molar-refractivity contribution in [1.29, 1.82) is 0 Å². The summed E-state index contributed by atoms with van der Waals surface area (Å²) < 4.78 is 18.3. The van der Waals surface area contributed by atoms with Gasteiger partial charge in [-0.1, -0.05) is 12.1 Å². The van der Waals surface area contributed by atoms with Crippen LogP contribution in [0.4, 0.5) is 15.8 Å². The fraction of sp³-hybridized carbons (Fsp3) is 0.409. The molecule has 0 aliphatic carbocycles. The summed E-state index contributed by atoms with van der Waals surface area (Å²) in [6.07, 6.45) is 0.851. The predicted molar refractivity (Wildman–Crippen MR) is 110 cm³/mol. The highest BCUT2D eigenvalue weighted by molar-refractivity contribution is 5.91. The van der Waals surface area contributed by atoms with Crippen LogP contribution >= 0.6 is 0 Å². The van der Waals surface area contributed by atoms with E-state index in [-0.39, 0.29) is 11.7 Å². The molecule has 28 heavy (non-hydrogen) atoms. The van der Waals surface area contributed by atoms with Crippen LogP contribution in [0.3, 0.4) is 0 Å². The molecule has 0 atom stereocenters. The summed E-state index contributed by atoms with van der Waals surface area (Å²) in [7, 11) is 1.73. The number of methoxy groups -OCH3 is 1. The van der Waals surface area contributed by atoms with Crippen LogP contribution in [-0.2, 0) is 16.0 Å². The lowest BCUT2D eigenvalue weighted by Crippen LogP contribution is -2.47. The van der Waals surface area contributed by atoms with Crippen LogP contribution in [0.25, 0.3) is 0 Å². The van der Waals surface area contributed by atoms with Gasteiger partial charge in [-0.3, -0.25) is 9.69 Å². The molecule has 1 aliphatic rings. The zero-order valence-corrected chi connectivity index (χ0v) is 16.4. The molecule has 0 unspecified atom stereocenters. The lowest BCUT2D eigenvalue weighted by Gasteiger charge is -2.36. The second-order valence-electron chi connectivity index (χ2n) is 7.05. The fourth-order valence-electron chi connectivity index (χ4n) is 3.38. The van der Waals surface area contributed by atoms with Gasteiger partial charge in [0, 0.05) is 57.6 Å². The quantitative estimate of drug-likeness (QED) is 0.758. The molecular formula is C22H28FN3O2. The van der Waals surface area contributed by atoms with Crippen molar-refractivity contribution < 1.29 is 13.9 Å². The molecule has 1 heterocycles. The third-order valence-corrected chi connectivity index (χ3v) is 5.03. The van der Waals surface area contributed by atoms with E-state index in [4.69, 9.17) is 4.74 Å². The molecule has 0 aromatic heterocycles. The van der Waals surface area contributed by atoms with Gasteiger partial charge in [-0.25, -0.2) is 4.39 Å². The molecule has 0 radical (unpaired) electrons. The first-order valence-corrected chi connectivity index (χ1v) is 9.74. The molecule has 0 saturated carbocycles. The van der Waals surface area contributed by atoms with E-state index in [1.807, 2.05) is 30.3 Å². The van der Waals surface area contributed by atoms with E-state index in [0.29, 0.717) is 12.8 Å². The molecule has 1 aliphatic heterocycles. The number of carbonyl (C=O) groups is 1. The lowest BCUT2D eigenvalue weighted by molar-refractivity contribution is -0.116. The van der Waals surface area contributed by atoms with E-state index in [9.17, 15) is 9.18 Å². The average Bonchev–Trinajstić information content (AvgIpc) is 2.72. The SMILES string of the molecule is COCCN1CCN(c2ccc(NC(=O)CCc3cccc(F)c3)cc2)CC1. The van der Waals surface area contributed by atoms with E-state index in [1.165, 1.54) is 17.8 Å². The van der Waals surface area contributed by atoms with E-state index in [1.54, 1.807) is 13.2 Å². The van der Waals surface area contributed by atoms with Crippen LogP contribution in [0.15, 0.2) is 48.5 Å². The lowest BCUT2D eigenvalue weighted by atomic mass is 10.1. The number of amides is 1. The summed E-state index contributed by atoms with van der Waals surface area (Å²) in [5, 5.41) is 2.91. The van der Waals surface area contributed by atoms with Crippen molar-refractivity contribution in [1.82, 2.24) is 4.90 Å². The number of hydrogen-bond donors (Lipinski definition) is 1. The minimum atomic E-state index is -0.270. The van der Waals surface area contributed by atoms with Gasteiger partial charge < -0.3 is 15.0 Å². The molecule has 3 rings (SSSR count). The molecule has 1 amide bonds. The maximum atomic E-state index is 13.2. The molecule has 5 nitrogen and oxygen atoms in total. The second-order valence-corrected chi connectivity index (χ2v) is 7.05. The van der Waals surface area contributed by atoms with Crippen molar-refractivity contribution in [2.75, 3.05) is 56.7 Å². The number of halogens is 1. The number of piperazine rings is 1. The topological polar surface area (TPSA) is 44.8 Å². The van der Waals surface area contributed by atoms with Gasteiger partial charge in [-0.15, -0.1) is 0 Å². The van der Waals surface area contributed by atoms with Gasteiger partial charge in [0.15, 0.2) is 0 Å². The Morgan fingerprint density at radius 2 is 1.86 bits per heavy atom. The van der Waals surface area contributed by atoms with E-state index in [0.717, 1.165) is 50.6 Å². The summed E-state index contributed by atoms with van der Waals surface area (Å²) in [5.74, 6) is -0.336. The predicted octanol–water partition coefficient (Wildman–Crippen LogP) is 3.17. The highest BCUT2D eigenvalue weighted by atomic mass is 19.1. The Morgan fingerprint density at radius 1 is 1.11 bits per heavy atom. The van der Waals surface area contributed by atoms with Crippen molar-refractivity contribution in [3.63, 3.8) is 0 Å². The number of benzene rings is 2. The van der Waals surface area contributed by atoms with Gasteiger partial charge in [0.1, 0.15) is 5.82 Å². The van der Waals surface area contributed by atoms with Gasteiger partial charge in [-0.05, 0) is 48.4 Å². The maximum absolute atomic E-state index is 13.2. The van der Waals surface area contributed by atoms with Crippen molar-refractivity contribution in [3.05, 3.63) is 59.9 Å². The average molecular weight is 385 g/mol. The number of rotatable bonds is 8. The van der Waals surface area contributed by atoms with E-state index in [2.05, 4.69) is 15.1 Å². The third kappa shape index (κ3) is 6.04. The third-order valence-electron chi connectivity index (χ3n) is 5.03. The molecule has 0 bridgehead atoms. The van der Waals surface area contributed by atoms with Crippen molar-refractivity contribution >= 4 is 17.3 Å². The standard InChI is InChI=1S/C22H28FN3O2/c1-28-16-15-25-11-13-26(14-12-25)21-8-6-20(7-9-21)24-22(27)10-5-18-3-2-4-19(23)17-18/h2-4,6-9,17H,5,10-16H2,1H3,(H,24,27). The monoisotopic (exact) mass is 385 g/mol. The summed E-state index contributed by atoms with van der Waals surface area (Å²) in [6, 6.07) is 14.3. The first-order chi connectivity index (χ1) is 13.6. The molecular weight excluding hydrogens is 357 g/mol. The molecule has 0 spiro atoms. The summed E-state index contributed by atoms with van der Waals surface area (Å²) >= 11 is 0. The maximum Gasteiger partial charge on any atom is 0.224 e. The van der Waals surface area contributed by atoms with E-state index < -0.39 is 0 Å². The number of nitrogens with zero attached hydrogens (tertiary/aromatic N) is 2. The minimum absolute atomic E-state index is 0.0660. The van der Waals surface area contributed by atoms with Gasteiger partial charge >= 0.3 is 0 Å². The first-order valence-electron chi connectivity index (χ1n) is 9.74. The highest BCUT2D eigenvalue weighted by Gasteiger charge is 2.16. The molecule has 150 valence electrons. The molecule has 1 N–H and O–H groups in total. The normalized spacial score (nSPS) is 14.9. The summed E-state index contributed by atoms with van der Waals surface area (Å²) in [5.41, 5.74) is 2.78. The highest BCUT2D eigenvalue weighted by Crippen LogP contribution is 2.20. The Hall–Kier alpha value is -2.44. The summed E-state index contributed by atoms with van der Waals surface area (Å²) in [4.78, 5) is 16.9. The number of hydrogen-bond acceptors (Lipinski definition) is 4. The van der Waals surface area contributed by atoms with Crippen molar-refractivity contribution in [2.24, 2.45) is 0 Å².